The Bertz CT molecular complexity index is 263. The molecule has 4 heteroatoms. The van der Waals surface area contributed by atoms with Crippen molar-refractivity contribution in [2.24, 2.45) is 0 Å². The highest BCUT2D eigenvalue weighted by molar-refractivity contribution is 5.96. The molecule has 0 rings (SSSR count). The predicted octanol–water partition coefficient (Wildman–Crippen LogP) is 0.331. The van der Waals surface area contributed by atoms with Gasteiger partial charge in [0.05, 0.1) is 0 Å². The minimum Gasteiger partial charge on any atom is -0.480 e. The third-order valence-electron chi connectivity index (χ3n) is 1.88. The van der Waals surface area contributed by atoms with Crippen LogP contribution in [0.25, 0.3) is 0 Å². The SMILES string of the molecule is C#CC(=O)N(CC)C(C)(C)C(=O)O. The zero-order valence-corrected chi connectivity index (χ0v) is 8.00. The molecule has 0 heterocycles. The van der Waals surface area contributed by atoms with Gasteiger partial charge >= 0.3 is 5.97 Å². The van der Waals surface area contributed by atoms with Crippen LogP contribution in [0.2, 0.25) is 0 Å². The van der Waals surface area contributed by atoms with Crippen molar-refractivity contribution in [1.82, 2.24) is 4.90 Å². The average molecular weight is 183 g/mol. The van der Waals surface area contributed by atoms with E-state index in [0.29, 0.717) is 0 Å². The summed E-state index contributed by atoms with van der Waals surface area (Å²) in [7, 11) is 0. The van der Waals surface area contributed by atoms with Gasteiger partial charge in [-0.3, -0.25) is 4.79 Å². The largest absolute Gasteiger partial charge is 0.480 e. The van der Waals surface area contributed by atoms with Crippen LogP contribution in [0.4, 0.5) is 0 Å². The first-order chi connectivity index (χ1) is 5.87. The number of likely N-dealkylation sites (N-methyl/N-ethyl adjacent to an activating group) is 1. The minimum atomic E-state index is -1.25. The van der Waals surface area contributed by atoms with Gasteiger partial charge in [0.1, 0.15) is 5.54 Å². The maximum Gasteiger partial charge on any atom is 0.329 e. The standard InChI is InChI=1S/C9H13NO3/c1-5-7(11)10(6-2)9(3,4)8(12)13/h1H,6H2,2-4H3,(H,12,13). The lowest BCUT2D eigenvalue weighted by Gasteiger charge is -2.32. The number of rotatable bonds is 3. The van der Waals surface area contributed by atoms with Gasteiger partial charge in [-0.2, -0.15) is 0 Å². The van der Waals surface area contributed by atoms with Crippen molar-refractivity contribution in [3.63, 3.8) is 0 Å². The predicted molar refractivity (Wildman–Crippen MR) is 47.9 cm³/mol. The third-order valence-corrected chi connectivity index (χ3v) is 1.88. The molecule has 13 heavy (non-hydrogen) atoms. The number of carbonyl (C=O) groups is 2. The van der Waals surface area contributed by atoms with Gasteiger partial charge < -0.3 is 10.0 Å². The molecule has 1 amide bonds. The monoisotopic (exact) mass is 183 g/mol. The summed E-state index contributed by atoms with van der Waals surface area (Å²) >= 11 is 0. The maximum atomic E-state index is 11.1. The molecule has 0 aliphatic heterocycles. The lowest BCUT2D eigenvalue weighted by atomic mass is 10.0. The van der Waals surface area contributed by atoms with E-state index in [2.05, 4.69) is 0 Å². The molecular formula is C9H13NO3. The Morgan fingerprint density at radius 3 is 2.23 bits per heavy atom. The van der Waals surface area contributed by atoms with Gasteiger partial charge in [-0.15, -0.1) is 6.42 Å². The average Bonchev–Trinajstić information content (AvgIpc) is 2.04. The zero-order chi connectivity index (χ0) is 10.6. The Balaban J connectivity index is 4.89. The summed E-state index contributed by atoms with van der Waals surface area (Å²) in [5.74, 6) is 0.227. The number of carbonyl (C=O) groups excluding carboxylic acids is 1. The van der Waals surface area contributed by atoms with Gasteiger partial charge in [0, 0.05) is 6.54 Å². The number of hydrogen-bond acceptors (Lipinski definition) is 2. The summed E-state index contributed by atoms with van der Waals surface area (Å²) < 4.78 is 0. The normalized spacial score (nSPS) is 10.3. The van der Waals surface area contributed by atoms with E-state index in [1.165, 1.54) is 13.8 Å². The van der Waals surface area contributed by atoms with Crippen molar-refractivity contribution in [1.29, 1.82) is 0 Å². The molecular weight excluding hydrogens is 170 g/mol. The van der Waals surface area contributed by atoms with Crippen LogP contribution >= 0.6 is 0 Å². The fraction of sp³-hybridized carbons (Fsp3) is 0.556. The van der Waals surface area contributed by atoms with Gasteiger partial charge in [-0.05, 0) is 26.7 Å². The number of carboxylic acids is 1. The van der Waals surface area contributed by atoms with Crippen LogP contribution in [-0.4, -0.2) is 34.0 Å². The lowest BCUT2D eigenvalue weighted by molar-refractivity contribution is -0.154. The molecule has 0 aliphatic carbocycles. The Morgan fingerprint density at radius 2 is 2.00 bits per heavy atom. The van der Waals surface area contributed by atoms with Gasteiger partial charge in [-0.25, -0.2) is 4.79 Å². The van der Waals surface area contributed by atoms with Crippen molar-refractivity contribution >= 4 is 11.9 Å². The van der Waals surface area contributed by atoms with E-state index in [1.54, 1.807) is 6.92 Å². The van der Waals surface area contributed by atoms with E-state index in [9.17, 15) is 9.59 Å². The lowest BCUT2D eigenvalue weighted by Crippen LogP contribution is -2.52. The quantitative estimate of drug-likeness (QED) is 0.641. The van der Waals surface area contributed by atoms with Gasteiger partial charge in [0.25, 0.3) is 5.91 Å². The third kappa shape index (κ3) is 2.22. The van der Waals surface area contributed by atoms with Crippen LogP contribution in [0.3, 0.4) is 0 Å². The summed E-state index contributed by atoms with van der Waals surface area (Å²) in [5.41, 5.74) is -1.25. The van der Waals surface area contributed by atoms with Crippen molar-refractivity contribution in [2.75, 3.05) is 6.54 Å². The van der Waals surface area contributed by atoms with Crippen molar-refractivity contribution in [3.8, 4) is 12.3 Å². The van der Waals surface area contributed by atoms with E-state index in [-0.39, 0.29) is 6.54 Å². The molecule has 0 saturated carbocycles. The molecule has 0 aliphatic rings. The van der Waals surface area contributed by atoms with Crippen LogP contribution < -0.4 is 0 Å². The first-order valence-corrected chi connectivity index (χ1v) is 3.89. The molecule has 0 aromatic rings. The molecule has 0 aromatic heterocycles. The number of aliphatic carboxylic acids is 1. The molecule has 72 valence electrons. The number of amides is 1. The summed E-state index contributed by atoms with van der Waals surface area (Å²) in [5, 5.41) is 8.82. The van der Waals surface area contributed by atoms with Gasteiger partial charge in [0.2, 0.25) is 0 Å². The molecule has 0 aromatic carbocycles. The maximum absolute atomic E-state index is 11.1. The van der Waals surface area contributed by atoms with Crippen molar-refractivity contribution in [2.45, 2.75) is 26.3 Å². The van der Waals surface area contributed by atoms with Gasteiger partial charge in [0.15, 0.2) is 0 Å². The molecule has 0 unspecified atom stereocenters. The van der Waals surface area contributed by atoms with Crippen molar-refractivity contribution in [3.05, 3.63) is 0 Å². The topological polar surface area (TPSA) is 57.6 Å². The van der Waals surface area contributed by atoms with Crippen LogP contribution in [0.15, 0.2) is 0 Å². The summed E-state index contributed by atoms with van der Waals surface area (Å²) in [6, 6.07) is 0. The van der Waals surface area contributed by atoms with E-state index < -0.39 is 17.4 Å². The molecule has 0 saturated heterocycles. The summed E-state index contributed by atoms with van der Waals surface area (Å²) in [6.07, 6.45) is 4.91. The Morgan fingerprint density at radius 1 is 1.54 bits per heavy atom. The second-order valence-electron chi connectivity index (χ2n) is 3.06. The van der Waals surface area contributed by atoms with Crippen LogP contribution in [0.5, 0.6) is 0 Å². The molecule has 0 fully saturated rings. The highest BCUT2D eigenvalue weighted by Gasteiger charge is 2.36. The molecule has 0 spiro atoms. The second kappa shape index (κ2) is 3.94. The highest BCUT2D eigenvalue weighted by Crippen LogP contribution is 2.14. The zero-order valence-electron chi connectivity index (χ0n) is 8.00. The summed E-state index contributed by atoms with van der Waals surface area (Å²) in [6.45, 7) is 4.84. The minimum absolute atomic E-state index is 0.280. The Kier molecular flexibility index (Phi) is 3.49. The van der Waals surface area contributed by atoms with E-state index in [1.807, 2.05) is 5.92 Å². The second-order valence-corrected chi connectivity index (χ2v) is 3.06. The Labute approximate surface area is 77.5 Å². The van der Waals surface area contributed by atoms with E-state index in [0.717, 1.165) is 4.90 Å². The van der Waals surface area contributed by atoms with Crippen LogP contribution in [0, 0.1) is 12.3 Å². The smallest absolute Gasteiger partial charge is 0.329 e. The van der Waals surface area contributed by atoms with Crippen LogP contribution in [0.1, 0.15) is 20.8 Å². The number of carboxylic acid groups (broad SMARTS) is 1. The number of hydrogen-bond donors (Lipinski definition) is 1. The number of terminal acetylenes is 1. The first kappa shape index (κ1) is 11.5. The van der Waals surface area contributed by atoms with Gasteiger partial charge in [-0.1, -0.05) is 0 Å². The fourth-order valence-electron chi connectivity index (χ4n) is 0.986. The van der Waals surface area contributed by atoms with Crippen LogP contribution in [-0.2, 0) is 9.59 Å². The molecule has 0 bridgehead atoms. The van der Waals surface area contributed by atoms with E-state index in [4.69, 9.17) is 11.5 Å². The van der Waals surface area contributed by atoms with E-state index >= 15 is 0 Å². The summed E-state index contributed by atoms with van der Waals surface area (Å²) in [4.78, 5) is 23.0. The van der Waals surface area contributed by atoms with Crippen molar-refractivity contribution < 1.29 is 14.7 Å². The molecule has 4 nitrogen and oxygen atoms in total. The fourth-order valence-corrected chi connectivity index (χ4v) is 0.986. The molecule has 0 radical (unpaired) electrons. The number of nitrogens with zero attached hydrogens (tertiary/aromatic N) is 1. The molecule has 1 N–H and O–H groups in total. The molecule has 0 atom stereocenters. The Hall–Kier alpha value is -1.50. The highest BCUT2D eigenvalue weighted by atomic mass is 16.4. The first-order valence-electron chi connectivity index (χ1n) is 3.89.